The molecule has 2 aromatic rings. The Morgan fingerprint density at radius 3 is 2.74 bits per heavy atom. The number of carbonyl (C=O) groups excluding carboxylic acids is 3. The summed E-state index contributed by atoms with van der Waals surface area (Å²) in [5.41, 5.74) is 0.759. The number of carbonyl (C=O) groups is 3. The molecule has 31 heavy (non-hydrogen) atoms. The lowest BCUT2D eigenvalue weighted by Crippen LogP contribution is -2.46. The van der Waals surface area contributed by atoms with Crippen molar-refractivity contribution in [2.75, 3.05) is 25.0 Å². The molecule has 0 unspecified atom stereocenters. The number of anilines is 1. The molecule has 3 rings (SSSR count). The fourth-order valence-electron chi connectivity index (χ4n) is 3.16. The number of amides is 3. The molecule has 0 atom stereocenters. The molecule has 0 spiro atoms. The van der Waals surface area contributed by atoms with E-state index in [4.69, 9.17) is 4.74 Å². The highest BCUT2D eigenvalue weighted by Gasteiger charge is 2.24. The second kappa shape index (κ2) is 10.7. The van der Waals surface area contributed by atoms with Crippen LogP contribution in [0.3, 0.4) is 0 Å². The molecule has 3 N–H and O–H groups in total. The first-order valence-electron chi connectivity index (χ1n) is 10.1. The molecule has 1 saturated heterocycles. The Morgan fingerprint density at radius 1 is 1.29 bits per heavy atom. The number of nitrogens with one attached hydrogen (secondary N) is 3. The molecular weight excluding hydrogens is 422 g/mol. The minimum atomic E-state index is -0.371. The average Bonchev–Trinajstić information content (AvgIpc) is 3.20. The van der Waals surface area contributed by atoms with Crippen molar-refractivity contribution < 1.29 is 19.1 Å². The number of rotatable bonds is 7. The SMILES string of the molecule is CCOC(=O)N1CCC(NC(=O)CCc2csc(NC(=O)c3ccc(=O)[nH]c3)n2)CC1. The molecule has 0 aromatic carbocycles. The number of aromatic amines is 1. The van der Waals surface area contributed by atoms with Gasteiger partial charge in [0.1, 0.15) is 0 Å². The molecule has 0 radical (unpaired) electrons. The van der Waals surface area contributed by atoms with E-state index in [0.717, 1.165) is 0 Å². The topological polar surface area (TPSA) is 133 Å². The molecule has 1 aliphatic heterocycles. The number of aryl methyl sites for hydroxylation is 1. The molecule has 1 fully saturated rings. The molecule has 166 valence electrons. The maximum Gasteiger partial charge on any atom is 0.409 e. The summed E-state index contributed by atoms with van der Waals surface area (Å²) in [6, 6.07) is 2.76. The van der Waals surface area contributed by atoms with Gasteiger partial charge < -0.3 is 19.9 Å². The third-order valence-corrected chi connectivity index (χ3v) is 5.62. The highest BCUT2D eigenvalue weighted by Crippen LogP contribution is 2.18. The Balaban J connectivity index is 1.40. The zero-order valence-corrected chi connectivity index (χ0v) is 18.0. The van der Waals surface area contributed by atoms with Gasteiger partial charge in [0.2, 0.25) is 11.5 Å². The van der Waals surface area contributed by atoms with Crippen LogP contribution >= 0.6 is 11.3 Å². The number of ether oxygens (including phenoxy) is 1. The second-order valence-electron chi connectivity index (χ2n) is 7.07. The lowest BCUT2D eigenvalue weighted by Gasteiger charge is -2.31. The standard InChI is InChI=1S/C20H25N5O5S/c1-2-30-20(29)25-9-7-14(8-10-25)22-17(27)6-4-15-12-31-19(23-15)24-18(28)13-3-5-16(26)21-11-13/h3,5,11-12,14H,2,4,6-10H2,1H3,(H,21,26)(H,22,27)(H,23,24,28). The van der Waals surface area contributed by atoms with Crippen molar-refractivity contribution in [1.82, 2.24) is 20.2 Å². The summed E-state index contributed by atoms with van der Waals surface area (Å²) in [7, 11) is 0. The number of H-pyrrole nitrogens is 1. The van der Waals surface area contributed by atoms with Crippen LogP contribution in [0.2, 0.25) is 0 Å². The van der Waals surface area contributed by atoms with E-state index in [-0.39, 0.29) is 35.9 Å². The molecular formula is C20H25N5O5S. The quantitative estimate of drug-likeness (QED) is 0.592. The summed E-state index contributed by atoms with van der Waals surface area (Å²) in [6.07, 6.45) is 3.17. The summed E-state index contributed by atoms with van der Waals surface area (Å²) in [5.74, 6) is -0.439. The number of hydrogen-bond donors (Lipinski definition) is 3. The van der Waals surface area contributed by atoms with Crippen LogP contribution in [-0.2, 0) is 16.0 Å². The van der Waals surface area contributed by atoms with E-state index in [1.807, 2.05) is 0 Å². The predicted octanol–water partition coefficient (Wildman–Crippen LogP) is 1.75. The molecule has 10 nitrogen and oxygen atoms in total. The Morgan fingerprint density at radius 2 is 2.06 bits per heavy atom. The van der Waals surface area contributed by atoms with Crippen molar-refractivity contribution in [2.24, 2.45) is 0 Å². The molecule has 2 aromatic heterocycles. The van der Waals surface area contributed by atoms with Crippen molar-refractivity contribution >= 4 is 34.4 Å². The Hall–Kier alpha value is -3.21. The average molecular weight is 448 g/mol. The summed E-state index contributed by atoms with van der Waals surface area (Å²) >= 11 is 1.27. The van der Waals surface area contributed by atoms with E-state index < -0.39 is 0 Å². The first-order chi connectivity index (χ1) is 14.9. The fraction of sp³-hybridized carbons (Fsp3) is 0.450. The van der Waals surface area contributed by atoms with E-state index in [1.165, 1.54) is 29.7 Å². The van der Waals surface area contributed by atoms with E-state index in [9.17, 15) is 19.2 Å². The Labute approximate surface area is 183 Å². The minimum absolute atomic E-state index is 0.0424. The predicted molar refractivity (Wildman–Crippen MR) is 115 cm³/mol. The van der Waals surface area contributed by atoms with Gasteiger partial charge in [0.25, 0.3) is 5.91 Å². The first-order valence-corrected chi connectivity index (χ1v) is 11.0. The van der Waals surface area contributed by atoms with Gasteiger partial charge in [-0.05, 0) is 32.3 Å². The van der Waals surface area contributed by atoms with Crippen molar-refractivity contribution in [3.05, 3.63) is 45.3 Å². The molecule has 3 amide bonds. The zero-order chi connectivity index (χ0) is 22.2. The van der Waals surface area contributed by atoms with Gasteiger partial charge in [0.15, 0.2) is 5.13 Å². The van der Waals surface area contributed by atoms with Crippen molar-refractivity contribution in [3.8, 4) is 0 Å². The lowest BCUT2D eigenvalue weighted by molar-refractivity contribution is -0.122. The van der Waals surface area contributed by atoms with Gasteiger partial charge in [-0.1, -0.05) is 0 Å². The smallest absolute Gasteiger partial charge is 0.409 e. The van der Waals surface area contributed by atoms with Gasteiger partial charge in [-0.15, -0.1) is 11.3 Å². The van der Waals surface area contributed by atoms with Crippen molar-refractivity contribution in [2.45, 2.75) is 38.6 Å². The van der Waals surface area contributed by atoms with Crippen molar-refractivity contribution in [1.29, 1.82) is 0 Å². The minimum Gasteiger partial charge on any atom is -0.450 e. The second-order valence-corrected chi connectivity index (χ2v) is 7.93. The molecule has 3 heterocycles. The summed E-state index contributed by atoms with van der Waals surface area (Å²) < 4.78 is 4.99. The number of hydrogen-bond acceptors (Lipinski definition) is 7. The largest absolute Gasteiger partial charge is 0.450 e. The normalized spacial score (nSPS) is 14.2. The fourth-order valence-corrected chi connectivity index (χ4v) is 3.90. The van der Waals surface area contributed by atoms with Gasteiger partial charge in [0, 0.05) is 43.2 Å². The maximum atomic E-state index is 12.3. The molecule has 0 saturated carbocycles. The van der Waals surface area contributed by atoms with Gasteiger partial charge >= 0.3 is 6.09 Å². The lowest BCUT2D eigenvalue weighted by atomic mass is 10.1. The summed E-state index contributed by atoms with van der Waals surface area (Å²) in [6.45, 7) is 3.25. The van der Waals surface area contributed by atoms with Crippen LogP contribution in [0.1, 0.15) is 42.2 Å². The first kappa shape index (κ1) is 22.5. The van der Waals surface area contributed by atoms with Gasteiger partial charge in [-0.3, -0.25) is 19.7 Å². The van der Waals surface area contributed by atoms with Gasteiger partial charge in [0.05, 0.1) is 17.9 Å². The third-order valence-electron chi connectivity index (χ3n) is 4.81. The van der Waals surface area contributed by atoms with E-state index in [2.05, 4.69) is 20.6 Å². The molecule has 11 heteroatoms. The molecule has 0 aliphatic carbocycles. The Kier molecular flexibility index (Phi) is 7.76. The summed E-state index contributed by atoms with van der Waals surface area (Å²) in [5, 5.41) is 7.91. The van der Waals surface area contributed by atoms with Gasteiger partial charge in [-0.2, -0.15) is 0 Å². The van der Waals surface area contributed by atoms with E-state index in [0.29, 0.717) is 55.3 Å². The van der Waals surface area contributed by atoms with Crippen LogP contribution in [0.4, 0.5) is 9.93 Å². The zero-order valence-electron chi connectivity index (χ0n) is 17.2. The van der Waals surface area contributed by atoms with Crippen LogP contribution in [0.25, 0.3) is 0 Å². The summed E-state index contributed by atoms with van der Waals surface area (Å²) in [4.78, 5) is 55.7. The number of pyridine rings is 1. The highest BCUT2D eigenvalue weighted by molar-refractivity contribution is 7.14. The van der Waals surface area contributed by atoms with Crippen LogP contribution < -0.4 is 16.2 Å². The monoisotopic (exact) mass is 447 g/mol. The number of piperidine rings is 1. The number of aromatic nitrogens is 2. The van der Waals surface area contributed by atoms with Crippen LogP contribution in [-0.4, -0.2) is 58.5 Å². The van der Waals surface area contributed by atoms with Crippen molar-refractivity contribution in [3.63, 3.8) is 0 Å². The third kappa shape index (κ3) is 6.64. The molecule has 1 aliphatic rings. The molecule has 0 bridgehead atoms. The van der Waals surface area contributed by atoms with Crippen LogP contribution in [0, 0.1) is 0 Å². The van der Waals surface area contributed by atoms with E-state index in [1.54, 1.807) is 17.2 Å². The van der Waals surface area contributed by atoms with Crippen LogP contribution in [0.5, 0.6) is 0 Å². The highest BCUT2D eigenvalue weighted by atomic mass is 32.1. The van der Waals surface area contributed by atoms with E-state index >= 15 is 0 Å². The number of thiazole rings is 1. The number of nitrogens with zero attached hydrogens (tertiary/aromatic N) is 2. The Bertz CT molecular complexity index is 960. The van der Waals surface area contributed by atoms with Gasteiger partial charge in [-0.25, -0.2) is 9.78 Å². The maximum absolute atomic E-state index is 12.3. The van der Waals surface area contributed by atoms with Crippen LogP contribution in [0.15, 0.2) is 28.5 Å². The number of likely N-dealkylation sites (tertiary alicyclic amines) is 1.